The van der Waals surface area contributed by atoms with Crippen LogP contribution in [0.15, 0.2) is 29.5 Å². The molecule has 1 aromatic heterocycles. The molecule has 1 aromatic carbocycles. The molecule has 31 heavy (non-hydrogen) atoms. The number of guanidine groups is 1. The fraction of sp³-hybridized carbons (Fsp3) is 0.591. The molecule has 168 valence electrons. The molecule has 2 aliphatic heterocycles. The largest absolute Gasteiger partial charge is 0.367 e. The number of hydrogen-bond donors (Lipinski definition) is 2. The minimum Gasteiger partial charge on any atom is -0.367 e. The fourth-order valence-electron chi connectivity index (χ4n) is 4.25. The summed E-state index contributed by atoms with van der Waals surface area (Å²) < 4.78 is 16.8. The Balaban J connectivity index is 1.37. The van der Waals surface area contributed by atoms with Gasteiger partial charge >= 0.3 is 0 Å². The zero-order valence-corrected chi connectivity index (χ0v) is 18.5. The number of benzene rings is 1. The molecular formula is C22H33FN8. The van der Waals surface area contributed by atoms with Gasteiger partial charge in [0.2, 0.25) is 0 Å². The first kappa shape index (κ1) is 21.5. The van der Waals surface area contributed by atoms with Gasteiger partial charge in [-0.3, -0.25) is 0 Å². The summed E-state index contributed by atoms with van der Waals surface area (Å²) in [5, 5.41) is 11.1. The summed E-state index contributed by atoms with van der Waals surface area (Å²) in [6.07, 6.45) is 3.49. The molecule has 9 heteroatoms. The van der Waals surface area contributed by atoms with Crippen molar-refractivity contribution in [2.24, 2.45) is 4.99 Å². The number of nitrogens with one attached hydrogen (secondary N) is 2. The van der Waals surface area contributed by atoms with Gasteiger partial charge in [0.1, 0.15) is 18.0 Å². The molecule has 0 aliphatic carbocycles. The van der Waals surface area contributed by atoms with Crippen molar-refractivity contribution >= 4 is 11.6 Å². The van der Waals surface area contributed by atoms with Crippen LogP contribution < -0.4 is 15.5 Å². The Kier molecular flexibility index (Phi) is 7.01. The number of aromatic nitrogens is 3. The Hall–Kier alpha value is -2.68. The number of anilines is 1. The van der Waals surface area contributed by atoms with Crippen LogP contribution in [0, 0.1) is 5.82 Å². The molecule has 1 atom stereocenters. The van der Waals surface area contributed by atoms with Crippen LogP contribution >= 0.6 is 0 Å². The smallest absolute Gasteiger partial charge is 0.191 e. The normalized spacial score (nSPS) is 19.9. The minimum atomic E-state index is -0.165. The first-order valence-corrected chi connectivity index (χ1v) is 11.3. The van der Waals surface area contributed by atoms with Crippen molar-refractivity contribution < 1.29 is 4.39 Å². The Morgan fingerprint density at radius 2 is 2.06 bits per heavy atom. The highest BCUT2D eigenvalue weighted by Crippen LogP contribution is 2.22. The molecule has 0 spiro atoms. The topological polar surface area (TPSA) is 73.6 Å². The van der Waals surface area contributed by atoms with Gasteiger partial charge in [-0.05, 0) is 37.6 Å². The third-order valence-electron chi connectivity index (χ3n) is 6.08. The first-order valence-electron chi connectivity index (χ1n) is 11.3. The Bertz CT molecular complexity index is 887. The number of fused-ring (bicyclic) bond motifs is 1. The highest BCUT2D eigenvalue weighted by molar-refractivity contribution is 5.80. The molecule has 4 rings (SSSR count). The summed E-state index contributed by atoms with van der Waals surface area (Å²) in [7, 11) is 0. The van der Waals surface area contributed by atoms with E-state index in [9.17, 15) is 4.39 Å². The van der Waals surface area contributed by atoms with Crippen molar-refractivity contribution in [2.45, 2.75) is 45.8 Å². The van der Waals surface area contributed by atoms with Gasteiger partial charge in [0, 0.05) is 45.2 Å². The molecule has 2 N–H and O–H groups in total. The van der Waals surface area contributed by atoms with Crippen molar-refractivity contribution in [1.29, 1.82) is 0 Å². The zero-order chi connectivity index (χ0) is 21.6. The zero-order valence-electron chi connectivity index (χ0n) is 18.5. The maximum Gasteiger partial charge on any atom is 0.191 e. The van der Waals surface area contributed by atoms with E-state index < -0.39 is 0 Å². The number of piperazine rings is 1. The number of nitrogens with zero attached hydrogens (tertiary/aromatic N) is 6. The molecule has 1 unspecified atom stereocenters. The van der Waals surface area contributed by atoms with E-state index in [1.807, 2.05) is 23.7 Å². The lowest BCUT2D eigenvalue weighted by molar-refractivity contribution is 0.270. The summed E-state index contributed by atoms with van der Waals surface area (Å²) in [4.78, 5) is 13.5. The Morgan fingerprint density at radius 1 is 1.23 bits per heavy atom. The Labute approximate surface area is 183 Å². The maximum absolute atomic E-state index is 14.8. The van der Waals surface area contributed by atoms with Crippen molar-refractivity contribution in [3.63, 3.8) is 0 Å². The second kappa shape index (κ2) is 10.1. The van der Waals surface area contributed by atoms with Gasteiger partial charge in [-0.25, -0.2) is 19.0 Å². The van der Waals surface area contributed by atoms with E-state index >= 15 is 0 Å². The molecule has 0 saturated carbocycles. The highest BCUT2D eigenvalue weighted by atomic mass is 19.1. The van der Waals surface area contributed by atoms with Crippen LogP contribution in [0.3, 0.4) is 0 Å². The number of rotatable bonds is 6. The average Bonchev–Trinajstić information content (AvgIpc) is 3.26. The lowest BCUT2D eigenvalue weighted by Gasteiger charge is -2.35. The standard InChI is InChI=1S/C22H33FN8/c1-3-24-22(28-18-6-8-21-26-16-27-31(21)15-18)25-14-17-5-7-20(19(23)13-17)30-11-9-29(4-2)10-12-30/h5,7,13,16,18H,3-4,6,8-12,14-15H2,1-2H3,(H2,24,25,28). The quantitative estimate of drug-likeness (QED) is 0.538. The van der Waals surface area contributed by atoms with Crippen LogP contribution in [0.1, 0.15) is 31.7 Å². The summed E-state index contributed by atoms with van der Waals surface area (Å²) in [5.41, 5.74) is 1.56. The monoisotopic (exact) mass is 428 g/mol. The molecule has 2 aromatic rings. The minimum absolute atomic E-state index is 0.165. The van der Waals surface area contributed by atoms with Crippen LogP contribution in [0.2, 0.25) is 0 Å². The van der Waals surface area contributed by atoms with E-state index in [0.717, 1.165) is 76.0 Å². The highest BCUT2D eigenvalue weighted by Gasteiger charge is 2.21. The van der Waals surface area contributed by atoms with Gasteiger partial charge in [-0.15, -0.1) is 0 Å². The van der Waals surface area contributed by atoms with E-state index in [-0.39, 0.29) is 11.9 Å². The Morgan fingerprint density at radius 3 is 2.81 bits per heavy atom. The lowest BCUT2D eigenvalue weighted by Crippen LogP contribution is -2.47. The second-order valence-corrected chi connectivity index (χ2v) is 8.14. The van der Waals surface area contributed by atoms with Gasteiger partial charge in [0.25, 0.3) is 0 Å². The van der Waals surface area contributed by atoms with Crippen molar-refractivity contribution in [2.75, 3.05) is 44.2 Å². The number of halogens is 1. The van der Waals surface area contributed by atoms with Crippen LogP contribution in [-0.4, -0.2) is 70.9 Å². The van der Waals surface area contributed by atoms with Crippen molar-refractivity contribution in [3.8, 4) is 0 Å². The molecule has 3 heterocycles. The van der Waals surface area contributed by atoms with Gasteiger partial charge < -0.3 is 20.4 Å². The van der Waals surface area contributed by atoms with Crippen LogP contribution in [-0.2, 0) is 19.5 Å². The van der Waals surface area contributed by atoms with E-state index in [1.54, 1.807) is 12.4 Å². The molecule has 1 fully saturated rings. The van der Waals surface area contributed by atoms with Crippen molar-refractivity contribution in [1.82, 2.24) is 30.3 Å². The molecule has 8 nitrogen and oxygen atoms in total. The molecule has 0 bridgehead atoms. The van der Waals surface area contributed by atoms with E-state index in [1.165, 1.54) is 0 Å². The molecule has 0 amide bonds. The first-order chi connectivity index (χ1) is 15.2. The number of aliphatic imine (C=N–C) groups is 1. The van der Waals surface area contributed by atoms with Gasteiger partial charge in [0.05, 0.1) is 18.8 Å². The van der Waals surface area contributed by atoms with E-state index in [4.69, 9.17) is 0 Å². The SMILES string of the molecule is CCNC(=NCc1ccc(N2CCN(CC)CC2)c(F)c1)NC1CCc2ncnn2C1. The number of likely N-dealkylation sites (N-methyl/N-ethyl adjacent to an activating group) is 1. The van der Waals surface area contributed by atoms with Crippen LogP contribution in [0.4, 0.5) is 10.1 Å². The third kappa shape index (κ3) is 5.33. The predicted octanol–water partition coefficient (Wildman–Crippen LogP) is 1.63. The summed E-state index contributed by atoms with van der Waals surface area (Å²) in [6.45, 7) is 10.9. The van der Waals surface area contributed by atoms with E-state index in [2.05, 4.69) is 42.4 Å². The predicted molar refractivity (Wildman–Crippen MR) is 121 cm³/mol. The van der Waals surface area contributed by atoms with Crippen LogP contribution in [0.5, 0.6) is 0 Å². The van der Waals surface area contributed by atoms with Gasteiger partial charge in [-0.2, -0.15) is 5.10 Å². The summed E-state index contributed by atoms with van der Waals surface area (Å²) in [6, 6.07) is 5.75. The summed E-state index contributed by atoms with van der Waals surface area (Å²) >= 11 is 0. The third-order valence-corrected chi connectivity index (χ3v) is 6.08. The van der Waals surface area contributed by atoms with Gasteiger partial charge in [-0.1, -0.05) is 13.0 Å². The second-order valence-electron chi connectivity index (χ2n) is 8.14. The molecule has 2 aliphatic rings. The summed E-state index contributed by atoms with van der Waals surface area (Å²) in [5.74, 6) is 1.62. The molecular weight excluding hydrogens is 395 g/mol. The van der Waals surface area contributed by atoms with Crippen molar-refractivity contribution in [3.05, 3.63) is 41.7 Å². The fourth-order valence-corrected chi connectivity index (χ4v) is 4.25. The average molecular weight is 429 g/mol. The maximum atomic E-state index is 14.8. The molecule has 1 saturated heterocycles. The lowest BCUT2D eigenvalue weighted by atomic mass is 10.1. The molecule has 0 radical (unpaired) electrons. The van der Waals surface area contributed by atoms with Gasteiger partial charge in [0.15, 0.2) is 5.96 Å². The number of hydrogen-bond acceptors (Lipinski definition) is 5. The van der Waals surface area contributed by atoms with Crippen LogP contribution in [0.25, 0.3) is 0 Å². The van der Waals surface area contributed by atoms with E-state index in [0.29, 0.717) is 12.2 Å². The number of aryl methyl sites for hydroxylation is 1.